The van der Waals surface area contributed by atoms with Gasteiger partial charge >= 0.3 is 0 Å². The molecule has 0 atom stereocenters. The Morgan fingerprint density at radius 1 is 1.28 bits per heavy atom. The van der Waals surface area contributed by atoms with Crippen molar-refractivity contribution in [3.05, 3.63) is 35.9 Å². The predicted molar refractivity (Wildman–Crippen MR) is 73.5 cm³/mol. The fourth-order valence-corrected chi connectivity index (χ4v) is 1.99. The molecule has 3 nitrogen and oxygen atoms in total. The van der Waals surface area contributed by atoms with E-state index in [9.17, 15) is 4.79 Å². The second kappa shape index (κ2) is 5.53. The molecule has 1 fully saturated rings. The first-order valence-corrected chi connectivity index (χ1v) is 6.63. The van der Waals surface area contributed by atoms with Gasteiger partial charge in [-0.3, -0.25) is 4.79 Å². The van der Waals surface area contributed by atoms with Gasteiger partial charge in [-0.25, -0.2) is 0 Å². The van der Waals surface area contributed by atoms with E-state index >= 15 is 0 Å². The molecular weight excluding hydrogens is 224 g/mol. The standard InChI is InChI=1S/C15H22N2O/c1-15(2,12-6-4-3-5-7-12)11-16-10-14(18)17-13-8-9-13/h3-7,13,16H,8-11H2,1-2H3,(H,17,18). The van der Waals surface area contributed by atoms with Crippen LogP contribution in [0, 0.1) is 0 Å². The Balaban J connectivity index is 1.76. The third-order valence-electron chi connectivity index (χ3n) is 3.35. The van der Waals surface area contributed by atoms with Crippen molar-refractivity contribution in [2.24, 2.45) is 0 Å². The number of benzene rings is 1. The summed E-state index contributed by atoms with van der Waals surface area (Å²) in [5.74, 6) is 0.112. The maximum Gasteiger partial charge on any atom is 0.234 e. The third-order valence-corrected chi connectivity index (χ3v) is 3.35. The lowest BCUT2D eigenvalue weighted by Gasteiger charge is -2.25. The lowest BCUT2D eigenvalue weighted by molar-refractivity contribution is -0.120. The van der Waals surface area contributed by atoms with Crippen LogP contribution < -0.4 is 10.6 Å². The first kappa shape index (κ1) is 13.1. The number of hydrogen-bond donors (Lipinski definition) is 2. The lowest BCUT2D eigenvalue weighted by Crippen LogP contribution is -2.40. The Kier molecular flexibility index (Phi) is 4.02. The van der Waals surface area contributed by atoms with Gasteiger partial charge < -0.3 is 10.6 Å². The summed E-state index contributed by atoms with van der Waals surface area (Å²) in [5.41, 5.74) is 1.33. The molecule has 0 unspecified atom stereocenters. The molecular formula is C15H22N2O. The summed E-state index contributed by atoms with van der Waals surface area (Å²) in [5, 5.41) is 6.22. The molecule has 1 aliphatic carbocycles. The Bertz CT molecular complexity index is 396. The van der Waals surface area contributed by atoms with Crippen molar-refractivity contribution in [2.45, 2.75) is 38.1 Å². The quantitative estimate of drug-likeness (QED) is 0.804. The van der Waals surface area contributed by atoms with Crippen molar-refractivity contribution in [2.75, 3.05) is 13.1 Å². The SMILES string of the molecule is CC(C)(CNCC(=O)NC1CC1)c1ccccc1. The molecule has 0 radical (unpaired) electrons. The van der Waals surface area contributed by atoms with E-state index < -0.39 is 0 Å². The van der Waals surface area contributed by atoms with Crippen LogP contribution in [0.2, 0.25) is 0 Å². The van der Waals surface area contributed by atoms with Crippen LogP contribution in [0.4, 0.5) is 0 Å². The van der Waals surface area contributed by atoms with E-state index in [-0.39, 0.29) is 11.3 Å². The maximum absolute atomic E-state index is 11.5. The minimum atomic E-state index is 0.0428. The monoisotopic (exact) mass is 246 g/mol. The van der Waals surface area contributed by atoms with Crippen LogP contribution in [-0.2, 0) is 10.2 Å². The van der Waals surface area contributed by atoms with Gasteiger partial charge in [0.2, 0.25) is 5.91 Å². The Morgan fingerprint density at radius 2 is 1.94 bits per heavy atom. The van der Waals surface area contributed by atoms with E-state index in [1.807, 2.05) is 6.07 Å². The number of carbonyl (C=O) groups is 1. The van der Waals surface area contributed by atoms with Crippen LogP contribution in [0.5, 0.6) is 0 Å². The van der Waals surface area contributed by atoms with Gasteiger partial charge in [-0.2, -0.15) is 0 Å². The number of amides is 1. The van der Waals surface area contributed by atoms with E-state index in [0.29, 0.717) is 12.6 Å². The molecule has 1 saturated carbocycles. The third kappa shape index (κ3) is 3.84. The normalized spacial score (nSPS) is 15.4. The molecule has 2 N–H and O–H groups in total. The van der Waals surface area contributed by atoms with Gasteiger partial charge in [-0.05, 0) is 18.4 Å². The van der Waals surface area contributed by atoms with Crippen molar-refractivity contribution in [3.8, 4) is 0 Å². The highest BCUT2D eigenvalue weighted by Crippen LogP contribution is 2.21. The number of rotatable bonds is 6. The number of nitrogens with one attached hydrogen (secondary N) is 2. The molecule has 98 valence electrons. The zero-order valence-corrected chi connectivity index (χ0v) is 11.2. The van der Waals surface area contributed by atoms with Gasteiger partial charge in [-0.1, -0.05) is 44.2 Å². The highest BCUT2D eigenvalue weighted by molar-refractivity contribution is 5.78. The topological polar surface area (TPSA) is 41.1 Å². The summed E-state index contributed by atoms with van der Waals surface area (Å²) in [6, 6.07) is 10.8. The van der Waals surface area contributed by atoms with E-state index in [1.54, 1.807) is 0 Å². The molecule has 1 aromatic rings. The van der Waals surface area contributed by atoms with Crippen molar-refractivity contribution in [1.29, 1.82) is 0 Å². The predicted octanol–water partition coefficient (Wildman–Crippen LogP) is 1.83. The smallest absolute Gasteiger partial charge is 0.234 e. The fourth-order valence-electron chi connectivity index (χ4n) is 1.99. The molecule has 1 aromatic carbocycles. The average Bonchev–Trinajstić information content (AvgIpc) is 3.14. The fraction of sp³-hybridized carbons (Fsp3) is 0.533. The summed E-state index contributed by atoms with van der Waals surface area (Å²) in [6.07, 6.45) is 2.28. The summed E-state index contributed by atoms with van der Waals surface area (Å²) in [6.45, 7) is 5.59. The minimum absolute atomic E-state index is 0.0428. The molecule has 18 heavy (non-hydrogen) atoms. The van der Waals surface area contributed by atoms with Crippen LogP contribution in [-0.4, -0.2) is 25.0 Å². The van der Waals surface area contributed by atoms with E-state index in [2.05, 4.69) is 48.7 Å². The first-order chi connectivity index (χ1) is 8.58. The molecule has 0 heterocycles. The van der Waals surface area contributed by atoms with Gasteiger partial charge in [0, 0.05) is 18.0 Å². The summed E-state index contributed by atoms with van der Waals surface area (Å²) >= 11 is 0. The average molecular weight is 246 g/mol. The zero-order chi connectivity index (χ0) is 13.0. The zero-order valence-electron chi connectivity index (χ0n) is 11.2. The van der Waals surface area contributed by atoms with Gasteiger partial charge in [0.25, 0.3) is 0 Å². The summed E-state index contributed by atoms with van der Waals surface area (Å²) in [7, 11) is 0. The first-order valence-electron chi connectivity index (χ1n) is 6.63. The molecule has 0 spiro atoms. The molecule has 0 aliphatic heterocycles. The number of carbonyl (C=O) groups excluding carboxylic acids is 1. The van der Waals surface area contributed by atoms with E-state index in [4.69, 9.17) is 0 Å². The highest BCUT2D eigenvalue weighted by atomic mass is 16.2. The van der Waals surface area contributed by atoms with Crippen LogP contribution in [0.25, 0.3) is 0 Å². The molecule has 3 heteroatoms. The maximum atomic E-state index is 11.5. The molecule has 1 aliphatic rings. The summed E-state index contributed by atoms with van der Waals surface area (Å²) in [4.78, 5) is 11.5. The largest absolute Gasteiger partial charge is 0.352 e. The van der Waals surface area contributed by atoms with Gasteiger partial charge in [0.15, 0.2) is 0 Å². The Morgan fingerprint density at radius 3 is 2.56 bits per heavy atom. The second-order valence-electron chi connectivity index (χ2n) is 5.70. The Labute approximate surface area is 109 Å². The van der Waals surface area contributed by atoms with Crippen molar-refractivity contribution >= 4 is 5.91 Å². The van der Waals surface area contributed by atoms with Gasteiger partial charge in [-0.15, -0.1) is 0 Å². The van der Waals surface area contributed by atoms with Crippen molar-refractivity contribution < 1.29 is 4.79 Å². The number of hydrogen-bond acceptors (Lipinski definition) is 2. The van der Waals surface area contributed by atoms with Crippen LogP contribution in [0.15, 0.2) is 30.3 Å². The van der Waals surface area contributed by atoms with Gasteiger partial charge in [0.1, 0.15) is 0 Å². The molecule has 1 amide bonds. The van der Waals surface area contributed by atoms with Gasteiger partial charge in [0.05, 0.1) is 6.54 Å². The van der Waals surface area contributed by atoms with E-state index in [1.165, 1.54) is 5.56 Å². The molecule has 2 rings (SSSR count). The minimum Gasteiger partial charge on any atom is -0.352 e. The second-order valence-corrected chi connectivity index (χ2v) is 5.70. The van der Waals surface area contributed by atoms with Crippen LogP contribution in [0.1, 0.15) is 32.3 Å². The van der Waals surface area contributed by atoms with E-state index in [0.717, 1.165) is 19.4 Å². The molecule has 0 aromatic heterocycles. The van der Waals surface area contributed by atoms with Crippen molar-refractivity contribution in [3.63, 3.8) is 0 Å². The molecule has 0 saturated heterocycles. The highest BCUT2D eigenvalue weighted by Gasteiger charge is 2.24. The summed E-state index contributed by atoms with van der Waals surface area (Å²) < 4.78 is 0. The molecule has 0 bridgehead atoms. The lowest BCUT2D eigenvalue weighted by atomic mass is 9.85. The van der Waals surface area contributed by atoms with Crippen molar-refractivity contribution in [1.82, 2.24) is 10.6 Å². The van der Waals surface area contributed by atoms with Crippen LogP contribution in [0.3, 0.4) is 0 Å². The van der Waals surface area contributed by atoms with Crippen LogP contribution >= 0.6 is 0 Å². The Hall–Kier alpha value is -1.35.